The van der Waals surface area contributed by atoms with E-state index in [4.69, 9.17) is 9.84 Å². The average molecular weight is 233 g/mol. The Morgan fingerprint density at radius 3 is 2.71 bits per heavy atom. The Morgan fingerprint density at radius 2 is 2.06 bits per heavy atom. The Labute approximate surface area is 97.0 Å². The van der Waals surface area contributed by atoms with Gasteiger partial charge >= 0.3 is 11.9 Å². The molecule has 2 rings (SSSR count). The molecular formula is C12H11NO4. The monoisotopic (exact) mass is 233 g/mol. The van der Waals surface area contributed by atoms with Crippen LogP contribution in [-0.2, 0) is 4.74 Å². The van der Waals surface area contributed by atoms with Crippen LogP contribution in [-0.4, -0.2) is 28.6 Å². The van der Waals surface area contributed by atoms with Crippen molar-refractivity contribution in [1.82, 2.24) is 4.98 Å². The topological polar surface area (TPSA) is 79.4 Å². The summed E-state index contributed by atoms with van der Waals surface area (Å²) in [6.07, 6.45) is 0. The summed E-state index contributed by atoms with van der Waals surface area (Å²) in [4.78, 5) is 25.5. The molecule has 2 N–H and O–H groups in total. The highest BCUT2D eigenvalue weighted by molar-refractivity contribution is 6.12. The normalized spacial score (nSPS) is 10.4. The summed E-state index contributed by atoms with van der Waals surface area (Å²) in [6, 6.07) is 6.90. The molecule has 0 fully saturated rings. The second kappa shape index (κ2) is 4.29. The largest absolute Gasteiger partial charge is 0.477 e. The van der Waals surface area contributed by atoms with E-state index in [2.05, 4.69) is 4.98 Å². The number of aromatic nitrogens is 1. The van der Waals surface area contributed by atoms with Crippen LogP contribution in [0.1, 0.15) is 27.8 Å². The third-order valence-electron chi connectivity index (χ3n) is 2.40. The highest BCUT2D eigenvalue weighted by Crippen LogP contribution is 2.23. The Morgan fingerprint density at radius 1 is 1.35 bits per heavy atom. The van der Waals surface area contributed by atoms with Crippen LogP contribution in [0.15, 0.2) is 24.3 Å². The molecule has 1 aromatic heterocycles. The maximum Gasteiger partial charge on any atom is 0.353 e. The van der Waals surface area contributed by atoms with E-state index in [0.29, 0.717) is 10.9 Å². The highest BCUT2D eigenvalue weighted by Gasteiger charge is 2.23. The fourth-order valence-electron chi connectivity index (χ4n) is 1.72. The predicted molar refractivity (Wildman–Crippen MR) is 61.2 cm³/mol. The first-order chi connectivity index (χ1) is 8.15. The zero-order chi connectivity index (χ0) is 12.4. The Hall–Kier alpha value is -2.30. The summed E-state index contributed by atoms with van der Waals surface area (Å²) < 4.78 is 4.86. The molecule has 17 heavy (non-hydrogen) atoms. The molecule has 1 aromatic carbocycles. The maximum atomic E-state index is 11.7. The number of hydrogen-bond acceptors (Lipinski definition) is 3. The molecule has 88 valence electrons. The minimum absolute atomic E-state index is 0.0787. The van der Waals surface area contributed by atoms with Gasteiger partial charge in [-0.3, -0.25) is 0 Å². The van der Waals surface area contributed by atoms with Crippen molar-refractivity contribution >= 4 is 22.8 Å². The molecule has 0 aliphatic heterocycles. The summed E-state index contributed by atoms with van der Waals surface area (Å²) in [5.41, 5.74) is 0.549. The third kappa shape index (κ3) is 1.87. The molecule has 0 saturated carbocycles. The number of esters is 1. The summed E-state index contributed by atoms with van der Waals surface area (Å²) in [6.45, 7) is 1.88. The number of H-pyrrole nitrogens is 1. The van der Waals surface area contributed by atoms with Gasteiger partial charge in [0.15, 0.2) is 0 Å². The van der Waals surface area contributed by atoms with Crippen LogP contribution in [0.2, 0.25) is 0 Å². The van der Waals surface area contributed by atoms with Crippen LogP contribution < -0.4 is 0 Å². The Bertz CT molecular complexity index is 585. The molecule has 0 amide bonds. The number of para-hydroxylation sites is 1. The number of fused-ring (bicyclic) bond motifs is 1. The minimum atomic E-state index is -1.18. The number of ether oxygens (including phenoxy) is 1. The number of carboxylic acid groups (broad SMARTS) is 1. The van der Waals surface area contributed by atoms with E-state index in [-0.39, 0.29) is 17.9 Å². The van der Waals surface area contributed by atoms with Crippen molar-refractivity contribution in [3.63, 3.8) is 0 Å². The molecule has 0 spiro atoms. The number of carbonyl (C=O) groups excluding carboxylic acids is 1. The van der Waals surface area contributed by atoms with E-state index in [1.165, 1.54) is 0 Å². The predicted octanol–water partition coefficient (Wildman–Crippen LogP) is 2.04. The molecule has 0 radical (unpaired) electrons. The summed E-state index contributed by atoms with van der Waals surface area (Å²) >= 11 is 0. The fourth-order valence-corrected chi connectivity index (χ4v) is 1.72. The first kappa shape index (κ1) is 11.2. The summed E-state index contributed by atoms with van der Waals surface area (Å²) in [7, 11) is 0. The number of carboxylic acids is 1. The van der Waals surface area contributed by atoms with Crippen molar-refractivity contribution in [2.24, 2.45) is 0 Å². The van der Waals surface area contributed by atoms with E-state index >= 15 is 0 Å². The second-order valence-electron chi connectivity index (χ2n) is 3.45. The van der Waals surface area contributed by atoms with E-state index in [9.17, 15) is 9.59 Å². The van der Waals surface area contributed by atoms with Gasteiger partial charge in [-0.05, 0) is 13.0 Å². The van der Waals surface area contributed by atoms with Crippen LogP contribution in [0.4, 0.5) is 0 Å². The van der Waals surface area contributed by atoms with Crippen LogP contribution in [0.5, 0.6) is 0 Å². The van der Waals surface area contributed by atoms with Crippen LogP contribution >= 0.6 is 0 Å². The van der Waals surface area contributed by atoms with E-state index < -0.39 is 11.9 Å². The number of aromatic amines is 1. The van der Waals surface area contributed by atoms with Gasteiger partial charge in [-0.2, -0.15) is 0 Å². The van der Waals surface area contributed by atoms with Crippen LogP contribution in [0.3, 0.4) is 0 Å². The number of rotatable bonds is 3. The van der Waals surface area contributed by atoms with Gasteiger partial charge in [0.2, 0.25) is 0 Å². The van der Waals surface area contributed by atoms with Gasteiger partial charge in [-0.25, -0.2) is 9.59 Å². The number of hydrogen-bond donors (Lipinski definition) is 2. The zero-order valence-corrected chi connectivity index (χ0v) is 9.19. The molecule has 0 atom stereocenters. The van der Waals surface area contributed by atoms with Crippen molar-refractivity contribution in [2.45, 2.75) is 6.92 Å². The lowest BCUT2D eigenvalue weighted by Gasteiger charge is -2.01. The highest BCUT2D eigenvalue weighted by atomic mass is 16.5. The molecule has 0 saturated heterocycles. The first-order valence-electron chi connectivity index (χ1n) is 5.16. The standard InChI is InChI=1S/C12H11NO4/c1-2-17-12(16)9-7-5-3-4-6-8(7)13-10(9)11(14)15/h3-6,13H,2H2,1H3,(H,14,15). The molecule has 5 nitrogen and oxygen atoms in total. The molecule has 5 heteroatoms. The van der Waals surface area contributed by atoms with Crippen molar-refractivity contribution in [2.75, 3.05) is 6.61 Å². The average Bonchev–Trinajstić information content (AvgIpc) is 2.68. The van der Waals surface area contributed by atoms with Gasteiger partial charge in [0, 0.05) is 10.9 Å². The van der Waals surface area contributed by atoms with Gasteiger partial charge in [-0.15, -0.1) is 0 Å². The summed E-state index contributed by atoms with van der Waals surface area (Å²) in [5.74, 6) is -1.80. The third-order valence-corrected chi connectivity index (χ3v) is 2.40. The quantitative estimate of drug-likeness (QED) is 0.795. The van der Waals surface area contributed by atoms with Crippen molar-refractivity contribution in [1.29, 1.82) is 0 Å². The zero-order valence-electron chi connectivity index (χ0n) is 9.19. The Kier molecular flexibility index (Phi) is 2.82. The number of carbonyl (C=O) groups is 2. The molecule has 0 bridgehead atoms. The lowest BCUT2D eigenvalue weighted by molar-refractivity contribution is 0.0516. The molecular weight excluding hydrogens is 222 g/mol. The lowest BCUT2D eigenvalue weighted by Crippen LogP contribution is -2.10. The second-order valence-corrected chi connectivity index (χ2v) is 3.45. The SMILES string of the molecule is CCOC(=O)c1c(C(=O)O)[nH]c2ccccc12. The van der Waals surface area contributed by atoms with Crippen molar-refractivity contribution < 1.29 is 19.4 Å². The Balaban J connectivity index is 2.68. The minimum Gasteiger partial charge on any atom is -0.477 e. The number of benzene rings is 1. The van der Waals surface area contributed by atoms with Gasteiger partial charge < -0.3 is 14.8 Å². The van der Waals surface area contributed by atoms with Crippen LogP contribution in [0, 0.1) is 0 Å². The van der Waals surface area contributed by atoms with Crippen molar-refractivity contribution in [3.8, 4) is 0 Å². The van der Waals surface area contributed by atoms with E-state index in [1.54, 1.807) is 31.2 Å². The van der Waals surface area contributed by atoms with E-state index in [0.717, 1.165) is 0 Å². The van der Waals surface area contributed by atoms with Gasteiger partial charge in [-0.1, -0.05) is 18.2 Å². The number of nitrogens with one attached hydrogen (secondary N) is 1. The molecule has 0 aliphatic rings. The van der Waals surface area contributed by atoms with Crippen LogP contribution in [0.25, 0.3) is 10.9 Å². The van der Waals surface area contributed by atoms with Crippen molar-refractivity contribution in [3.05, 3.63) is 35.5 Å². The molecule has 2 aromatic rings. The molecule has 1 heterocycles. The lowest BCUT2D eigenvalue weighted by atomic mass is 10.1. The molecule has 0 aliphatic carbocycles. The smallest absolute Gasteiger partial charge is 0.353 e. The molecule has 0 unspecified atom stereocenters. The summed E-state index contributed by atoms with van der Waals surface area (Å²) in [5, 5.41) is 9.60. The first-order valence-corrected chi connectivity index (χ1v) is 5.16. The number of aromatic carboxylic acids is 1. The van der Waals surface area contributed by atoms with Gasteiger partial charge in [0.1, 0.15) is 5.69 Å². The maximum absolute atomic E-state index is 11.7. The van der Waals surface area contributed by atoms with E-state index in [1.807, 2.05) is 0 Å². The van der Waals surface area contributed by atoms with Gasteiger partial charge in [0.25, 0.3) is 0 Å². The fraction of sp³-hybridized carbons (Fsp3) is 0.167. The van der Waals surface area contributed by atoms with Gasteiger partial charge in [0.05, 0.1) is 12.2 Å².